The molecule has 1 rings (SSSR count). The van der Waals surface area contributed by atoms with Gasteiger partial charge in [0, 0.05) is 11.9 Å². The summed E-state index contributed by atoms with van der Waals surface area (Å²) < 4.78 is 0. The van der Waals surface area contributed by atoms with Crippen LogP contribution >= 0.6 is 0 Å². The van der Waals surface area contributed by atoms with E-state index in [1.54, 1.807) is 0 Å². The summed E-state index contributed by atoms with van der Waals surface area (Å²) in [7, 11) is 0. The molecule has 0 aromatic rings. The van der Waals surface area contributed by atoms with Crippen molar-refractivity contribution in [3.05, 3.63) is 11.8 Å². The van der Waals surface area contributed by atoms with Crippen LogP contribution in [0, 0.1) is 5.92 Å². The first kappa shape index (κ1) is 5.54. The van der Waals surface area contributed by atoms with Crippen LogP contribution in [0.3, 0.4) is 0 Å². The fraction of sp³-hybridized carbons (Fsp3) is 0.571. The number of hydrogen-bond donors (Lipinski definition) is 0. The maximum atomic E-state index is 4.12. The van der Waals surface area contributed by atoms with Gasteiger partial charge < -0.3 is 0 Å². The summed E-state index contributed by atoms with van der Waals surface area (Å²) in [6.07, 6.45) is 5.29. The van der Waals surface area contributed by atoms with E-state index in [9.17, 15) is 0 Å². The maximum Gasteiger partial charge on any atom is 0.0331 e. The molecule has 1 atom stereocenters. The first-order valence-electron chi connectivity index (χ1n) is 3.00. The first-order valence-corrected chi connectivity index (χ1v) is 3.00. The van der Waals surface area contributed by atoms with Crippen molar-refractivity contribution in [2.75, 3.05) is 0 Å². The Balaban J connectivity index is 2.63. The second kappa shape index (κ2) is 2.12. The summed E-state index contributed by atoms with van der Waals surface area (Å²) in [4.78, 5) is 4.12. The molecule has 1 nitrogen and oxygen atoms in total. The van der Waals surface area contributed by atoms with Gasteiger partial charge in [-0.3, -0.25) is 4.99 Å². The third kappa shape index (κ3) is 1.19. The van der Waals surface area contributed by atoms with E-state index in [4.69, 9.17) is 0 Å². The van der Waals surface area contributed by atoms with Crippen LogP contribution in [-0.2, 0) is 0 Å². The molecule has 0 saturated carbocycles. The fourth-order valence-corrected chi connectivity index (χ4v) is 0.886. The van der Waals surface area contributed by atoms with E-state index in [2.05, 4.69) is 18.0 Å². The lowest BCUT2D eigenvalue weighted by Gasteiger charge is -2.06. The van der Waals surface area contributed by atoms with E-state index in [-0.39, 0.29) is 0 Å². The van der Waals surface area contributed by atoms with Crippen molar-refractivity contribution in [1.82, 2.24) is 0 Å². The molecule has 0 radical (unpaired) electrons. The first-order chi connectivity index (χ1) is 3.79. The topological polar surface area (TPSA) is 12.4 Å². The van der Waals surface area contributed by atoms with Gasteiger partial charge >= 0.3 is 0 Å². The molecule has 0 aliphatic carbocycles. The molecule has 8 heavy (non-hydrogen) atoms. The molecule has 0 saturated heterocycles. The van der Waals surface area contributed by atoms with Crippen molar-refractivity contribution in [2.24, 2.45) is 10.9 Å². The van der Waals surface area contributed by atoms with Gasteiger partial charge in [0.05, 0.1) is 0 Å². The van der Waals surface area contributed by atoms with Crippen molar-refractivity contribution in [3.8, 4) is 0 Å². The van der Waals surface area contributed by atoms with Gasteiger partial charge in [0.1, 0.15) is 0 Å². The van der Waals surface area contributed by atoms with Gasteiger partial charge in [-0.15, -0.1) is 0 Å². The monoisotopic (exact) mass is 109 g/mol. The van der Waals surface area contributed by atoms with Crippen LogP contribution in [0.1, 0.15) is 20.3 Å². The van der Waals surface area contributed by atoms with Crippen molar-refractivity contribution < 1.29 is 0 Å². The lowest BCUT2D eigenvalue weighted by molar-refractivity contribution is 0.754. The Morgan fingerprint density at radius 2 is 2.50 bits per heavy atom. The molecule has 0 N–H and O–H groups in total. The molecule has 1 aliphatic heterocycles. The van der Waals surface area contributed by atoms with E-state index in [1.165, 1.54) is 0 Å². The normalized spacial score (nSPS) is 27.8. The summed E-state index contributed by atoms with van der Waals surface area (Å²) in [5.74, 6) is 0.701. The molecule has 1 heteroatoms. The second-order valence-electron chi connectivity index (χ2n) is 2.33. The maximum absolute atomic E-state index is 4.12. The average molecular weight is 109 g/mol. The van der Waals surface area contributed by atoms with Crippen LogP contribution in [0.4, 0.5) is 0 Å². The predicted molar refractivity (Wildman–Crippen MR) is 36.0 cm³/mol. The Morgan fingerprint density at radius 1 is 1.75 bits per heavy atom. The van der Waals surface area contributed by atoms with E-state index in [0.29, 0.717) is 5.92 Å². The molecular weight excluding hydrogens is 98.1 g/mol. The zero-order valence-corrected chi connectivity index (χ0v) is 5.39. The Morgan fingerprint density at radius 3 is 2.88 bits per heavy atom. The van der Waals surface area contributed by atoms with Crippen LogP contribution in [0.2, 0.25) is 0 Å². The number of rotatable bonds is 0. The molecule has 0 aromatic carbocycles. The smallest absolute Gasteiger partial charge is 0.0331 e. The van der Waals surface area contributed by atoms with Gasteiger partial charge in [-0.25, -0.2) is 0 Å². The van der Waals surface area contributed by atoms with Crippen molar-refractivity contribution in [3.63, 3.8) is 0 Å². The zero-order valence-electron chi connectivity index (χ0n) is 5.39. The standard InChI is InChI=1S/C7H11N/c1-6-3-4-8-7(2)5-6/h4-6H,3H2,1-2H3/t6-/m1/s1. The molecule has 1 aliphatic rings. The highest BCUT2D eigenvalue weighted by Crippen LogP contribution is 2.11. The minimum absolute atomic E-state index is 0.701. The van der Waals surface area contributed by atoms with Crippen LogP contribution in [-0.4, -0.2) is 6.21 Å². The molecule has 0 fully saturated rings. The minimum atomic E-state index is 0.701. The average Bonchev–Trinajstić information content (AvgIpc) is 1.64. The number of allylic oxidation sites excluding steroid dienone is 2. The molecular formula is C7H11N. The van der Waals surface area contributed by atoms with E-state index < -0.39 is 0 Å². The van der Waals surface area contributed by atoms with Crippen molar-refractivity contribution in [2.45, 2.75) is 20.3 Å². The Hall–Kier alpha value is -0.590. The van der Waals surface area contributed by atoms with Crippen LogP contribution in [0.5, 0.6) is 0 Å². The summed E-state index contributed by atoms with van der Waals surface area (Å²) >= 11 is 0. The lowest BCUT2D eigenvalue weighted by atomic mass is 10.1. The van der Waals surface area contributed by atoms with E-state index in [0.717, 1.165) is 12.1 Å². The highest BCUT2D eigenvalue weighted by Gasteiger charge is 1.99. The van der Waals surface area contributed by atoms with Gasteiger partial charge in [0.25, 0.3) is 0 Å². The van der Waals surface area contributed by atoms with E-state index >= 15 is 0 Å². The second-order valence-corrected chi connectivity index (χ2v) is 2.33. The molecule has 0 bridgehead atoms. The molecule has 44 valence electrons. The summed E-state index contributed by atoms with van der Waals surface area (Å²) in [5.41, 5.74) is 1.16. The van der Waals surface area contributed by atoms with Crippen LogP contribution < -0.4 is 0 Å². The Bertz CT molecular complexity index is 133. The predicted octanol–water partition coefficient (Wildman–Crippen LogP) is 2.00. The quantitative estimate of drug-likeness (QED) is 0.451. The molecule has 1 heterocycles. The SMILES string of the molecule is CC1=C[C@H](C)CC=N1. The van der Waals surface area contributed by atoms with Gasteiger partial charge in [0.2, 0.25) is 0 Å². The van der Waals surface area contributed by atoms with Gasteiger partial charge in [0.15, 0.2) is 0 Å². The largest absolute Gasteiger partial charge is 0.266 e. The van der Waals surface area contributed by atoms with Gasteiger partial charge in [-0.1, -0.05) is 13.0 Å². The van der Waals surface area contributed by atoms with Crippen LogP contribution in [0.15, 0.2) is 16.8 Å². The van der Waals surface area contributed by atoms with Gasteiger partial charge in [-0.05, 0) is 19.3 Å². The summed E-state index contributed by atoms with van der Waals surface area (Å²) in [5, 5.41) is 0. The zero-order chi connectivity index (χ0) is 5.98. The third-order valence-electron chi connectivity index (χ3n) is 1.30. The highest BCUT2D eigenvalue weighted by atomic mass is 14.7. The van der Waals surface area contributed by atoms with Crippen molar-refractivity contribution in [1.29, 1.82) is 0 Å². The summed E-state index contributed by atoms with van der Waals surface area (Å²) in [6, 6.07) is 0. The van der Waals surface area contributed by atoms with E-state index in [1.807, 2.05) is 13.1 Å². The Labute approximate surface area is 50.1 Å². The summed E-state index contributed by atoms with van der Waals surface area (Å²) in [6.45, 7) is 4.24. The number of aliphatic imine (C=N–C) groups is 1. The third-order valence-corrected chi connectivity index (χ3v) is 1.30. The fourth-order valence-electron chi connectivity index (χ4n) is 0.886. The highest BCUT2D eigenvalue weighted by molar-refractivity contribution is 5.61. The molecule has 0 aromatic heterocycles. The molecule has 0 spiro atoms. The lowest BCUT2D eigenvalue weighted by Crippen LogP contribution is -1.96. The number of nitrogens with zero attached hydrogens (tertiary/aromatic N) is 1. The molecule has 0 amide bonds. The minimum Gasteiger partial charge on any atom is -0.266 e. The number of hydrogen-bond acceptors (Lipinski definition) is 1. The van der Waals surface area contributed by atoms with Crippen LogP contribution in [0.25, 0.3) is 0 Å². The molecule has 0 unspecified atom stereocenters. The van der Waals surface area contributed by atoms with Gasteiger partial charge in [-0.2, -0.15) is 0 Å². The Kier molecular flexibility index (Phi) is 1.47. The van der Waals surface area contributed by atoms with Crippen molar-refractivity contribution >= 4 is 6.21 Å².